The second-order valence-corrected chi connectivity index (χ2v) is 16.7. The summed E-state index contributed by atoms with van der Waals surface area (Å²) in [5.74, 6) is 0.163. The number of carbonyl (C=O) groups excluding carboxylic acids is 1. The van der Waals surface area contributed by atoms with Crippen LogP contribution in [0, 0.1) is 5.92 Å². The normalized spacial score (nSPS) is 12.5. The number of aliphatic hydroxyl groups excluding tert-OH is 1. The molecule has 0 aliphatic carbocycles. The van der Waals surface area contributed by atoms with Gasteiger partial charge in [0.1, 0.15) is 0 Å². The topological polar surface area (TPSA) is 68.2 Å². The fourth-order valence-electron chi connectivity index (χ4n) is 6.93. The third kappa shape index (κ3) is 42.8. The number of ether oxygens (including phenoxy) is 3. The van der Waals surface area contributed by atoms with Gasteiger partial charge < -0.3 is 24.2 Å². The van der Waals surface area contributed by atoms with Crippen LogP contribution < -0.4 is 0 Å². The third-order valence-electron chi connectivity index (χ3n) is 10.4. The molecule has 326 valence electrons. The average molecular weight is 788 g/mol. The molecule has 0 aromatic carbocycles. The Morgan fingerprint density at radius 3 is 1.35 bits per heavy atom. The smallest absolute Gasteiger partial charge is 0.308 e. The zero-order chi connectivity index (χ0) is 40.0. The number of hydrogen-bond donors (Lipinski definition) is 1. The van der Waals surface area contributed by atoms with E-state index >= 15 is 0 Å². The summed E-state index contributed by atoms with van der Waals surface area (Å²) in [5.41, 5.74) is 0. The van der Waals surface area contributed by atoms with Gasteiger partial charge in [-0.1, -0.05) is 156 Å². The quantitative estimate of drug-likeness (QED) is 0.0375. The Labute approximate surface area is 343 Å². The van der Waals surface area contributed by atoms with Gasteiger partial charge in [0.15, 0.2) is 6.29 Å². The fraction of sp³-hybridized carbons (Fsp3) is 0.979. The second-order valence-electron chi connectivity index (χ2n) is 15.9. The van der Waals surface area contributed by atoms with Crippen molar-refractivity contribution in [3.05, 3.63) is 0 Å². The fourth-order valence-corrected chi connectivity index (χ4v) is 6.93. The molecule has 0 amide bonds. The van der Waals surface area contributed by atoms with Gasteiger partial charge in [0.25, 0.3) is 0 Å². The molecule has 0 spiro atoms. The molecule has 0 saturated heterocycles. The summed E-state index contributed by atoms with van der Waals surface area (Å²) < 4.78 is 18.2. The van der Waals surface area contributed by atoms with Crippen molar-refractivity contribution in [2.24, 2.45) is 5.92 Å². The zero-order valence-electron chi connectivity index (χ0n) is 37.5. The molecule has 2 atom stereocenters. The van der Waals surface area contributed by atoms with Gasteiger partial charge in [0, 0.05) is 19.8 Å². The van der Waals surface area contributed by atoms with E-state index in [2.05, 4.69) is 32.6 Å². The van der Waals surface area contributed by atoms with E-state index in [1.54, 1.807) is 11.8 Å². The maximum Gasteiger partial charge on any atom is 0.308 e. The number of thioether (sulfide) groups is 1. The Hall–Kier alpha value is -0.340. The molecule has 0 bridgehead atoms. The molecule has 6 nitrogen and oxygen atoms in total. The number of esters is 1. The van der Waals surface area contributed by atoms with E-state index in [1.807, 2.05) is 12.5 Å². The molecule has 0 aliphatic rings. The summed E-state index contributed by atoms with van der Waals surface area (Å²) in [6, 6.07) is 0. The van der Waals surface area contributed by atoms with Gasteiger partial charge in [-0.2, -0.15) is 11.8 Å². The van der Waals surface area contributed by atoms with Crippen molar-refractivity contribution in [1.29, 1.82) is 0 Å². The summed E-state index contributed by atoms with van der Waals surface area (Å²) in [7, 11) is 0. The molecule has 0 aliphatic heterocycles. The van der Waals surface area contributed by atoms with Crippen LogP contribution in [-0.4, -0.2) is 80.8 Å². The lowest BCUT2D eigenvalue weighted by atomic mass is 9.94. The highest BCUT2D eigenvalue weighted by molar-refractivity contribution is 7.97. The SMILES string of the molecule is CCCCCCCCOC(CCCCCN(CCCCO)CCCCCCOC(=O)C(CCCCCC)CCCCCCCC)OCCCCC.CSC. The Balaban J connectivity index is 0. The molecule has 1 N–H and O–H groups in total. The molecule has 0 aromatic rings. The first-order valence-electron chi connectivity index (χ1n) is 23.7. The van der Waals surface area contributed by atoms with E-state index in [4.69, 9.17) is 14.2 Å². The van der Waals surface area contributed by atoms with Crippen LogP contribution in [0.25, 0.3) is 0 Å². The monoisotopic (exact) mass is 788 g/mol. The van der Waals surface area contributed by atoms with Crippen molar-refractivity contribution in [3.8, 4) is 0 Å². The number of carbonyl (C=O) groups is 1. The van der Waals surface area contributed by atoms with Crippen LogP contribution >= 0.6 is 11.8 Å². The molecule has 2 unspecified atom stereocenters. The van der Waals surface area contributed by atoms with Crippen LogP contribution in [0.3, 0.4) is 0 Å². The Bertz CT molecular complexity index is 699. The van der Waals surface area contributed by atoms with E-state index < -0.39 is 0 Å². The highest BCUT2D eigenvalue weighted by Gasteiger charge is 2.19. The van der Waals surface area contributed by atoms with Crippen molar-refractivity contribution in [2.75, 3.05) is 58.6 Å². The zero-order valence-corrected chi connectivity index (χ0v) is 38.3. The molecule has 0 saturated carbocycles. The van der Waals surface area contributed by atoms with Crippen LogP contribution in [0.4, 0.5) is 0 Å². The maximum atomic E-state index is 13.0. The lowest BCUT2D eigenvalue weighted by molar-refractivity contribution is -0.149. The Kier molecular flexibility index (Phi) is 50.4. The first-order chi connectivity index (χ1) is 26.5. The third-order valence-corrected chi connectivity index (χ3v) is 10.4. The largest absolute Gasteiger partial charge is 0.465 e. The summed E-state index contributed by atoms with van der Waals surface area (Å²) >= 11 is 1.75. The number of aliphatic hydroxyl groups is 1. The van der Waals surface area contributed by atoms with Crippen LogP contribution in [0.15, 0.2) is 0 Å². The van der Waals surface area contributed by atoms with Gasteiger partial charge in [0.2, 0.25) is 0 Å². The molecular formula is C47H97NO5S. The van der Waals surface area contributed by atoms with E-state index in [-0.39, 0.29) is 24.8 Å². The van der Waals surface area contributed by atoms with Gasteiger partial charge in [-0.3, -0.25) is 4.79 Å². The maximum absolute atomic E-state index is 13.0. The predicted molar refractivity (Wildman–Crippen MR) is 239 cm³/mol. The minimum absolute atomic E-state index is 0.0468. The number of unbranched alkanes of at least 4 members (excludes halogenated alkanes) is 21. The Morgan fingerprint density at radius 2 is 0.833 bits per heavy atom. The highest BCUT2D eigenvalue weighted by atomic mass is 32.2. The molecule has 54 heavy (non-hydrogen) atoms. The lowest BCUT2D eigenvalue weighted by Gasteiger charge is -2.23. The summed E-state index contributed by atoms with van der Waals surface area (Å²) in [5, 5.41) is 9.33. The van der Waals surface area contributed by atoms with Crippen molar-refractivity contribution in [1.82, 2.24) is 4.90 Å². The second kappa shape index (κ2) is 48.8. The molecule has 0 heterocycles. The minimum Gasteiger partial charge on any atom is -0.465 e. The van der Waals surface area contributed by atoms with Crippen molar-refractivity contribution >= 4 is 17.7 Å². The highest BCUT2D eigenvalue weighted by Crippen LogP contribution is 2.21. The molecular weight excluding hydrogens is 691 g/mol. The van der Waals surface area contributed by atoms with Gasteiger partial charge in [-0.05, 0) is 103 Å². The lowest BCUT2D eigenvalue weighted by Crippen LogP contribution is -2.27. The van der Waals surface area contributed by atoms with Crippen LogP contribution in [0.2, 0.25) is 0 Å². The van der Waals surface area contributed by atoms with E-state index in [1.165, 1.54) is 122 Å². The van der Waals surface area contributed by atoms with E-state index in [0.29, 0.717) is 6.61 Å². The first kappa shape index (κ1) is 55.8. The van der Waals surface area contributed by atoms with Gasteiger partial charge in [-0.25, -0.2) is 0 Å². The first-order valence-corrected chi connectivity index (χ1v) is 25.3. The van der Waals surface area contributed by atoms with E-state index in [0.717, 1.165) is 110 Å². The summed E-state index contributed by atoms with van der Waals surface area (Å²) in [6.45, 7) is 14.8. The number of nitrogens with zero attached hydrogens (tertiary/aromatic N) is 1. The summed E-state index contributed by atoms with van der Waals surface area (Å²) in [4.78, 5) is 15.6. The van der Waals surface area contributed by atoms with Gasteiger partial charge >= 0.3 is 5.97 Å². The average Bonchev–Trinajstić information content (AvgIpc) is 3.17. The molecule has 0 rings (SSSR count). The van der Waals surface area contributed by atoms with Gasteiger partial charge in [-0.15, -0.1) is 0 Å². The molecule has 0 fully saturated rings. The number of rotatable bonds is 43. The predicted octanol–water partition coefficient (Wildman–Crippen LogP) is 14.0. The van der Waals surface area contributed by atoms with Crippen LogP contribution in [0.5, 0.6) is 0 Å². The molecule has 7 heteroatoms. The van der Waals surface area contributed by atoms with Crippen molar-refractivity contribution in [2.45, 2.75) is 233 Å². The van der Waals surface area contributed by atoms with Gasteiger partial charge in [0.05, 0.1) is 12.5 Å². The van der Waals surface area contributed by atoms with E-state index in [9.17, 15) is 9.90 Å². The standard InChI is InChI=1S/C45H91NO5.C2H6S/c1-5-9-13-16-18-24-34-43(33-23-15-11-7-3)45(48)51-42-32-21-19-26-36-46(38-28-29-39-47)37-27-22-25-35-44(49-40-30-12-8-4)50-41-31-20-17-14-10-6-2;1-3-2/h43-44,47H,5-42H2,1-4H3;1-2H3. The van der Waals surface area contributed by atoms with Crippen LogP contribution in [-0.2, 0) is 19.0 Å². The Morgan fingerprint density at radius 1 is 0.481 bits per heavy atom. The molecule has 0 radical (unpaired) electrons. The number of hydrogen-bond acceptors (Lipinski definition) is 7. The molecule has 0 aromatic heterocycles. The van der Waals surface area contributed by atoms with Crippen molar-refractivity contribution < 1.29 is 24.1 Å². The summed E-state index contributed by atoms with van der Waals surface area (Å²) in [6.07, 6.45) is 40.8. The van der Waals surface area contributed by atoms with Crippen molar-refractivity contribution in [3.63, 3.8) is 0 Å². The van der Waals surface area contributed by atoms with Crippen LogP contribution in [0.1, 0.15) is 227 Å². The minimum atomic E-state index is -0.0468.